The van der Waals surface area contributed by atoms with Gasteiger partial charge >= 0.3 is 5.97 Å². The van der Waals surface area contributed by atoms with Crippen LogP contribution in [0.15, 0.2) is 77.0 Å². The number of aromatic hydroxyl groups is 1. The average molecular weight is 411 g/mol. The van der Waals surface area contributed by atoms with E-state index in [0.717, 1.165) is 18.2 Å². The van der Waals surface area contributed by atoms with E-state index in [1.165, 1.54) is 36.4 Å². The predicted molar refractivity (Wildman–Crippen MR) is 104 cm³/mol. The van der Waals surface area contributed by atoms with Gasteiger partial charge in [0.15, 0.2) is 6.61 Å². The fraction of sp³-hybridized carbons (Fsp3) is 0.0476. The minimum Gasteiger partial charge on any atom is -0.508 e. The molecular weight excluding hydrogens is 396 g/mol. The molecule has 0 unspecified atom stereocenters. The van der Waals surface area contributed by atoms with Crippen LogP contribution >= 0.6 is 0 Å². The van der Waals surface area contributed by atoms with E-state index < -0.39 is 35.8 Å². The van der Waals surface area contributed by atoms with Crippen molar-refractivity contribution in [2.24, 2.45) is 10.2 Å². The van der Waals surface area contributed by atoms with Gasteiger partial charge in [-0.15, -0.1) is 5.11 Å². The Balaban J connectivity index is 1.66. The lowest BCUT2D eigenvalue weighted by atomic mass is 10.2. The molecule has 0 atom stereocenters. The van der Waals surface area contributed by atoms with Crippen LogP contribution in [0.1, 0.15) is 10.4 Å². The summed E-state index contributed by atoms with van der Waals surface area (Å²) >= 11 is 0. The number of hydrogen-bond donors (Lipinski definition) is 2. The Morgan fingerprint density at radius 3 is 2.27 bits per heavy atom. The number of hydrogen-bond acceptors (Lipinski definition) is 6. The first-order valence-electron chi connectivity index (χ1n) is 8.65. The number of carbonyl (C=O) groups is 2. The zero-order valence-corrected chi connectivity index (χ0v) is 15.4. The van der Waals surface area contributed by atoms with E-state index in [4.69, 9.17) is 4.74 Å². The third kappa shape index (κ3) is 5.22. The molecule has 0 spiro atoms. The molecule has 1 amide bonds. The smallest absolute Gasteiger partial charge is 0.340 e. The molecule has 0 aromatic heterocycles. The third-order valence-electron chi connectivity index (χ3n) is 3.81. The highest BCUT2D eigenvalue weighted by Gasteiger charge is 2.16. The summed E-state index contributed by atoms with van der Waals surface area (Å²) in [6.07, 6.45) is 0. The highest BCUT2D eigenvalue weighted by Crippen LogP contribution is 2.24. The van der Waals surface area contributed by atoms with Crippen molar-refractivity contribution < 1.29 is 28.2 Å². The molecule has 0 bridgehead atoms. The van der Waals surface area contributed by atoms with Gasteiger partial charge in [0.05, 0.1) is 11.3 Å². The molecule has 0 aliphatic heterocycles. The molecule has 0 heterocycles. The van der Waals surface area contributed by atoms with Crippen molar-refractivity contribution in [3.63, 3.8) is 0 Å². The van der Waals surface area contributed by atoms with Crippen molar-refractivity contribution in [1.82, 2.24) is 0 Å². The largest absolute Gasteiger partial charge is 0.508 e. The zero-order chi connectivity index (χ0) is 21.5. The van der Waals surface area contributed by atoms with Crippen molar-refractivity contribution in [2.75, 3.05) is 11.9 Å². The summed E-state index contributed by atoms with van der Waals surface area (Å²) < 4.78 is 32.1. The van der Waals surface area contributed by atoms with Crippen molar-refractivity contribution >= 4 is 28.9 Å². The van der Waals surface area contributed by atoms with E-state index in [2.05, 4.69) is 10.2 Å². The van der Waals surface area contributed by atoms with E-state index in [1.54, 1.807) is 12.1 Å². The number of azo groups is 1. The number of esters is 1. The number of nitrogens with one attached hydrogen (secondary N) is 1. The number of rotatable bonds is 6. The molecule has 9 heteroatoms. The van der Waals surface area contributed by atoms with Gasteiger partial charge in [-0.1, -0.05) is 18.2 Å². The van der Waals surface area contributed by atoms with Gasteiger partial charge < -0.3 is 15.2 Å². The fourth-order valence-electron chi connectivity index (χ4n) is 2.37. The molecule has 0 aliphatic carbocycles. The van der Waals surface area contributed by atoms with E-state index in [-0.39, 0.29) is 17.0 Å². The summed E-state index contributed by atoms with van der Waals surface area (Å²) in [5, 5.41) is 19.3. The number of nitrogens with zero attached hydrogens (tertiary/aromatic N) is 2. The number of amides is 1. The zero-order valence-electron chi connectivity index (χ0n) is 15.4. The predicted octanol–water partition coefficient (Wildman–Crippen LogP) is 4.88. The lowest BCUT2D eigenvalue weighted by molar-refractivity contribution is -0.119. The molecule has 0 saturated carbocycles. The van der Waals surface area contributed by atoms with Crippen molar-refractivity contribution in [3.05, 3.63) is 83.9 Å². The summed E-state index contributed by atoms with van der Waals surface area (Å²) in [4.78, 5) is 24.2. The van der Waals surface area contributed by atoms with Crippen LogP contribution in [-0.4, -0.2) is 23.6 Å². The number of halogens is 2. The van der Waals surface area contributed by atoms with Crippen LogP contribution in [0.3, 0.4) is 0 Å². The van der Waals surface area contributed by atoms with Crippen molar-refractivity contribution in [1.29, 1.82) is 0 Å². The first-order chi connectivity index (χ1) is 14.4. The molecule has 0 saturated heterocycles. The molecule has 3 aromatic carbocycles. The number of carbonyl (C=O) groups excluding carboxylic acids is 2. The van der Waals surface area contributed by atoms with Crippen LogP contribution in [0.25, 0.3) is 0 Å². The number of anilines is 1. The summed E-state index contributed by atoms with van der Waals surface area (Å²) in [5.74, 6) is -3.59. The van der Waals surface area contributed by atoms with Crippen LogP contribution in [-0.2, 0) is 9.53 Å². The molecule has 0 radical (unpaired) electrons. The molecule has 3 rings (SSSR count). The topological polar surface area (TPSA) is 100 Å². The monoisotopic (exact) mass is 411 g/mol. The number of phenols is 1. The molecule has 30 heavy (non-hydrogen) atoms. The summed E-state index contributed by atoms with van der Waals surface area (Å²) in [7, 11) is 0. The van der Waals surface area contributed by atoms with E-state index in [0.29, 0.717) is 5.69 Å². The van der Waals surface area contributed by atoms with Crippen LogP contribution < -0.4 is 5.32 Å². The number of para-hydroxylation sites is 1. The molecule has 3 aromatic rings. The van der Waals surface area contributed by atoms with Gasteiger partial charge in [-0.2, -0.15) is 5.11 Å². The number of benzene rings is 3. The first kappa shape index (κ1) is 20.6. The van der Waals surface area contributed by atoms with Crippen molar-refractivity contribution in [3.8, 4) is 5.75 Å². The summed E-state index contributed by atoms with van der Waals surface area (Å²) in [5.41, 5.74) is 0.0601. The van der Waals surface area contributed by atoms with Gasteiger partial charge in [0.2, 0.25) is 0 Å². The second-order valence-corrected chi connectivity index (χ2v) is 5.95. The Morgan fingerprint density at radius 2 is 1.57 bits per heavy atom. The average Bonchev–Trinajstić information content (AvgIpc) is 2.74. The van der Waals surface area contributed by atoms with Crippen molar-refractivity contribution in [2.45, 2.75) is 0 Å². The first-order valence-corrected chi connectivity index (χ1v) is 8.65. The van der Waals surface area contributed by atoms with Crippen LogP contribution in [0.2, 0.25) is 0 Å². The third-order valence-corrected chi connectivity index (χ3v) is 3.81. The van der Waals surface area contributed by atoms with E-state index in [1.807, 2.05) is 5.32 Å². The molecule has 2 N–H and O–H groups in total. The van der Waals surface area contributed by atoms with Gasteiger partial charge in [-0.05, 0) is 48.5 Å². The molecular formula is C21H15F2N3O4. The van der Waals surface area contributed by atoms with Gasteiger partial charge in [0, 0.05) is 0 Å². The fourth-order valence-corrected chi connectivity index (χ4v) is 2.37. The highest BCUT2D eigenvalue weighted by atomic mass is 19.1. The maximum atomic E-state index is 13.6. The SMILES string of the molecule is O=C(COC(=O)c1ccccc1N=Nc1ccc(O)cc1)Nc1c(F)cccc1F. The summed E-state index contributed by atoms with van der Waals surface area (Å²) in [6.45, 7) is -0.754. The Labute approximate surface area is 169 Å². The minimum absolute atomic E-state index is 0.0462. The van der Waals surface area contributed by atoms with Gasteiger partial charge in [-0.3, -0.25) is 4.79 Å². The molecule has 7 nitrogen and oxygen atoms in total. The molecule has 0 aliphatic rings. The maximum absolute atomic E-state index is 13.6. The Morgan fingerprint density at radius 1 is 0.900 bits per heavy atom. The van der Waals surface area contributed by atoms with Crippen LogP contribution in [0.5, 0.6) is 5.75 Å². The molecule has 0 fully saturated rings. The van der Waals surface area contributed by atoms with E-state index >= 15 is 0 Å². The highest BCUT2D eigenvalue weighted by molar-refractivity contribution is 5.98. The Hall–Kier alpha value is -4.14. The van der Waals surface area contributed by atoms with Crippen LogP contribution in [0.4, 0.5) is 25.8 Å². The minimum atomic E-state index is -0.949. The number of ether oxygens (including phenoxy) is 1. The second kappa shape index (κ2) is 9.37. The summed E-state index contributed by atoms with van der Waals surface area (Å²) in [6, 6.07) is 15.2. The quantitative estimate of drug-likeness (QED) is 0.446. The van der Waals surface area contributed by atoms with Gasteiger partial charge in [0.25, 0.3) is 5.91 Å². The Kier molecular flexibility index (Phi) is 6.43. The van der Waals surface area contributed by atoms with Gasteiger partial charge in [-0.25, -0.2) is 13.6 Å². The van der Waals surface area contributed by atoms with Crippen LogP contribution in [0, 0.1) is 11.6 Å². The second-order valence-electron chi connectivity index (χ2n) is 5.95. The van der Waals surface area contributed by atoms with Gasteiger partial charge in [0.1, 0.15) is 28.8 Å². The number of phenolic OH excluding ortho intramolecular Hbond substituents is 1. The standard InChI is InChI=1S/C21H15F2N3O4/c22-16-5-3-6-17(23)20(16)24-19(28)12-30-21(29)15-4-1-2-7-18(15)26-25-13-8-10-14(27)11-9-13/h1-11,27H,12H2,(H,24,28). The lowest BCUT2D eigenvalue weighted by Gasteiger charge is -2.09. The normalized spacial score (nSPS) is 10.7. The Bertz CT molecular complexity index is 1080. The molecule has 152 valence electrons. The van der Waals surface area contributed by atoms with E-state index in [9.17, 15) is 23.5 Å². The lowest BCUT2D eigenvalue weighted by Crippen LogP contribution is -2.22. The maximum Gasteiger partial charge on any atom is 0.340 e.